The highest BCUT2D eigenvalue weighted by atomic mass is 32.2. The zero-order valence-corrected chi connectivity index (χ0v) is 21.6. The first kappa shape index (κ1) is 25.8. The van der Waals surface area contributed by atoms with Gasteiger partial charge in [-0.25, -0.2) is 9.79 Å². The molecule has 0 saturated carbocycles. The minimum Gasteiger partial charge on any atom is -0.497 e. The predicted molar refractivity (Wildman–Crippen MR) is 138 cm³/mol. The van der Waals surface area contributed by atoms with Crippen LogP contribution in [-0.2, 0) is 19.1 Å². The number of carbonyl (C=O) groups is 2. The number of fused-ring (bicyclic) bond motifs is 1. The van der Waals surface area contributed by atoms with E-state index in [1.807, 2.05) is 22.4 Å². The van der Waals surface area contributed by atoms with Crippen LogP contribution in [0.2, 0.25) is 0 Å². The number of thioether (sulfide) groups is 1. The minimum absolute atomic E-state index is 0.0572. The van der Waals surface area contributed by atoms with Gasteiger partial charge in [0.15, 0.2) is 5.17 Å². The van der Waals surface area contributed by atoms with Crippen molar-refractivity contribution in [2.75, 3.05) is 34.0 Å². The molecule has 1 saturated heterocycles. The van der Waals surface area contributed by atoms with E-state index in [-0.39, 0.29) is 25.0 Å². The molecule has 36 heavy (non-hydrogen) atoms. The van der Waals surface area contributed by atoms with Gasteiger partial charge in [0.05, 0.1) is 44.1 Å². The van der Waals surface area contributed by atoms with Crippen molar-refractivity contribution in [3.8, 4) is 11.5 Å². The SMILES string of the molecule is C=CCOC(=O)C1=C(C)N=C2SC=C(CC(=O)NC[C@@H]3CCCO3)N2[C@@H]1c1cc(OC)cc(OC)c1. The highest BCUT2D eigenvalue weighted by molar-refractivity contribution is 8.16. The second-order valence-electron chi connectivity index (χ2n) is 8.54. The van der Waals surface area contributed by atoms with E-state index in [2.05, 4.69) is 16.9 Å². The topological polar surface area (TPSA) is 98.7 Å². The zero-order valence-electron chi connectivity index (χ0n) is 20.7. The number of rotatable bonds is 10. The maximum atomic E-state index is 13.2. The number of ether oxygens (including phenoxy) is 4. The normalized spacial score (nSPS) is 20.9. The predicted octanol–water partition coefficient (Wildman–Crippen LogP) is 3.69. The van der Waals surface area contributed by atoms with Gasteiger partial charge in [-0.2, -0.15) is 0 Å². The Morgan fingerprint density at radius 3 is 2.67 bits per heavy atom. The second kappa shape index (κ2) is 11.7. The van der Waals surface area contributed by atoms with Gasteiger partial charge in [-0.3, -0.25) is 4.79 Å². The summed E-state index contributed by atoms with van der Waals surface area (Å²) in [5, 5.41) is 5.56. The van der Waals surface area contributed by atoms with Crippen molar-refractivity contribution in [2.45, 2.75) is 38.3 Å². The number of amides is 1. The van der Waals surface area contributed by atoms with Crippen LogP contribution in [0.25, 0.3) is 0 Å². The lowest BCUT2D eigenvalue weighted by molar-refractivity contribution is -0.138. The monoisotopic (exact) mass is 513 g/mol. The molecule has 1 amide bonds. The van der Waals surface area contributed by atoms with Crippen molar-refractivity contribution in [1.29, 1.82) is 0 Å². The summed E-state index contributed by atoms with van der Waals surface area (Å²) in [4.78, 5) is 32.7. The van der Waals surface area contributed by atoms with E-state index >= 15 is 0 Å². The molecule has 0 spiro atoms. The minimum atomic E-state index is -0.592. The van der Waals surface area contributed by atoms with Crippen LogP contribution in [0.15, 0.2) is 58.2 Å². The molecule has 0 unspecified atom stereocenters. The number of hydrogen-bond donors (Lipinski definition) is 1. The van der Waals surface area contributed by atoms with Crippen molar-refractivity contribution in [3.05, 3.63) is 58.8 Å². The standard InChI is InChI=1S/C26H31N3O6S/c1-5-8-35-25(31)23-16(2)28-26-29(24(23)17-10-20(32-3)13-21(11-17)33-4)18(15-36-26)12-22(30)27-14-19-7-6-9-34-19/h5,10-11,13,15,19,24H,1,6-9,12,14H2,2-4H3,(H,27,30)/t19-,24+/m0/s1. The Hall–Kier alpha value is -3.24. The largest absolute Gasteiger partial charge is 0.497 e. The van der Waals surface area contributed by atoms with Crippen molar-refractivity contribution in [3.63, 3.8) is 0 Å². The van der Waals surface area contributed by atoms with Crippen LogP contribution in [0.3, 0.4) is 0 Å². The van der Waals surface area contributed by atoms with E-state index in [9.17, 15) is 9.59 Å². The van der Waals surface area contributed by atoms with Crippen LogP contribution >= 0.6 is 11.8 Å². The average Bonchev–Trinajstić information content (AvgIpc) is 3.55. The highest BCUT2D eigenvalue weighted by Crippen LogP contribution is 2.46. The van der Waals surface area contributed by atoms with Gasteiger partial charge in [0.2, 0.25) is 5.91 Å². The van der Waals surface area contributed by atoms with E-state index in [1.54, 1.807) is 27.2 Å². The second-order valence-corrected chi connectivity index (χ2v) is 9.38. The Morgan fingerprint density at radius 2 is 2.03 bits per heavy atom. The van der Waals surface area contributed by atoms with E-state index in [0.717, 1.165) is 30.7 Å². The summed E-state index contributed by atoms with van der Waals surface area (Å²) in [6.07, 6.45) is 3.66. The zero-order chi connectivity index (χ0) is 25.7. The lowest BCUT2D eigenvalue weighted by Gasteiger charge is -2.36. The number of aliphatic imine (C=N–C) groups is 1. The summed E-state index contributed by atoms with van der Waals surface area (Å²) >= 11 is 1.42. The molecule has 3 aliphatic rings. The van der Waals surface area contributed by atoms with Crippen LogP contribution in [0.1, 0.15) is 37.8 Å². The molecular weight excluding hydrogens is 482 g/mol. The third kappa shape index (κ3) is 5.60. The molecule has 0 bridgehead atoms. The molecule has 3 aliphatic heterocycles. The van der Waals surface area contributed by atoms with Gasteiger partial charge in [-0.05, 0) is 42.9 Å². The van der Waals surface area contributed by atoms with Gasteiger partial charge in [-0.15, -0.1) is 0 Å². The fourth-order valence-corrected chi connectivity index (χ4v) is 5.37. The van der Waals surface area contributed by atoms with Gasteiger partial charge in [-0.1, -0.05) is 24.4 Å². The van der Waals surface area contributed by atoms with Gasteiger partial charge >= 0.3 is 5.97 Å². The van der Waals surface area contributed by atoms with Gasteiger partial charge < -0.3 is 29.2 Å². The smallest absolute Gasteiger partial charge is 0.338 e. The van der Waals surface area contributed by atoms with E-state index < -0.39 is 12.0 Å². The molecule has 2 atom stereocenters. The van der Waals surface area contributed by atoms with Crippen LogP contribution < -0.4 is 14.8 Å². The van der Waals surface area contributed by atoms with Crippen LogP contribution in [-0.4, -0.2) is 62.0 Å². The van der Waals surface area contributed by atoms with Crippen molar-refractivity contribution < 1.29 is 28.5 Å². The van der Waals surface area contributed by atoms with E-state index in [1.165, 1.54) is 17.8 Å². The summed E-state index contributed by atoms with van der Waals surface area (Å²) < 4.78 is 22.0. The third-order valence-corrected chi connectivity index (χ3v) is 7.02. The maximum Gasteiger partial charge on any atom is 0.338 e. The van der Waals surface area contributed by atoms with Crippen LogP contribution in [0, 0.1) is 0 Å². The molecule has 4 rings (SSSR count). The molecular formula is C26H31N3O6S. The molecule has 1 fully saturated rings. The van der Waals surface area contributed by atoms with Crippen molar-refractivity contribution >= 4 is 28.8 Å². The molecule has 3 heterocycles. The maximum absolute atomic E-state index is 13.2. The first-order chi connectivity index (χ1) is 17.4. The lowest BCUT2D eigenvalue weighted by Crippen LogP contribution is -2.38. The lowest BCUT2D eigenvalue weighted by atomic mass is 9.93. The molecule has 1 aromatic carbocycles. The van der Waals surface area contributed by atoms with Crippen molar-refractivity contribution in [1.82, 2.24) is 10.2 Å². The number of hydrogen-bond acceptors (Lipinski definition) is 9. The van der Waals surface area contributed by atoms with E-state index in [0.29, 0.717) is 34.5 Å². The summed E-state index contributed by atoms with van der Waals surface area (Å²) in [6.45, 7) is 6.70. The molecule has 10 heteroatoms. The molecule has 0 radical (unpaired) electrons. The number of allylic oxidation sites excluding steroid dienone is 1. The Balaban J connectivity index is 1.67. The molecule has 0 aliphatic carbocycles. The highest BCUT2D eigenvalue weighted by Gasteiger charge is 2.41. The number of nitrogens with one attached hydrogen (secondary N) is 1. The van der Waals surface area contributed by atoms with Gasteiger partial charge in [0, 0.05) is 24.9 Å². The Labute approximate surface area is 215 Å². The summed E-state index contributed by atoms with van der Waals surface area (Å²) in [7, 11) is 3.14. The summed E-state index contributed by atoms with van der Waals surface area (Å²) in [5.74, 6) is 0.539. The Morgan fingerprint density at radius 1 is 1.28 bits per heavy atom. The quantitative estimate of drug-likeness (QED) is 0.374. The first-order valence-electron chi connectivity index (χ1n) is 11.8. The number of esters is 1. The molecule has 0 aromatic heterocycles. The molecule has 192 valence electrons. The van der Waals surface area contributed by atoms with Gasteiger partial charge in [0.25, 0.3) is 0 Å². The van der Waals surface area contributed by atoms with Gasteiger partial charge in [0.1, 0.15) is 18.1 Å². The average molecular weight is 514 g/mol. The number of benzene rings is 1. The molecule has 1 aromatic rings. The first-order valence-corrected chi connectivity index (χ1v) is 12.7. The third-order valence-electron chi connectivity index (χ3n) is 6.13. The number of amidine groups is 1. The Kier molecular flexibility index (Phi) is 8.37. The van der Waals surface area contributed by atoms with Crippen LogP contribution in [0.5, 0.6) is 11.5 Å². The number of methoxy groups -OCH3 is 2. The number of nitrogens with zero attached hydrogens (tertiary/aromatic N) is 2. The summed E-state index contributed by atoms with van der Waals surface area (Å²) in [5.41, 5.74) is 2.41. The van der Waals surface area contributed by atoms with Crippen LogP contribution in [0.4, 0.5) is 0 Å². The summed E-state index contributed by atoms with van der Waals surface area (Å²) in [6, 6.07) is 4.87. The van der Waals surface area contributed by atoms with Crippen molar-refractivity contribution in [2.24, 2.45) is 4.99 Å². The Bertz CT molecular complexity index is 1100. The van der Waals surface area contributed by atoms with E-state index in [4.69, 9.17) is 18.9 Å². The fraction of sp³-hybridized carbons (Fsp3) is 0.423. The number of carbonyl (C=O) groups excluding carboxylic acids is 2. The fourth-order valence-electron chi connectivity index (χ4n) is 4.41. The molecule has 1 N–H and O–H groups in total. The molecule has 9 nitrogen and oxygen atoms in total.